The first kappa shape index (κ1) is 12.6. The Balaban J connectivity index is 2.90. The molecule has 0 amide bonds. The molecule has 0 atom stereocenters. The first-order valence-corrected chi connectivity index (χ1v) is 6.42. The summed E-state index contributed by atoms with van der Waals surface area (Å²) in [6, 6.07) is 7.56. The van der Waals surface area contributed by atoms with Gasteiger partial charge in [0.1, 0.15) is 0 Å². The summed E-state index contributed by atoms with van der Waals surface area (Å²) in [5, 5.41) is 4.82. The summed E-state index contributed by atoms with van der Waals surface area (Å²) in [5.41, 5.74) is 0.972. The number of benzene rings is 1. The standard InChI is InChI=1S/C11H12ClNS2/c1-13-11(15-2)7-10(14)8-4-3-5-9(12)6-8/h3-7,13H,1-2H3/b11-7+. The molecule has 0 aliphatic carbocycles. The van der Waals surface area contributed by atoms with E-state index in [1.165, 1.54) is 0 Å². The van der Waals surface area contributed by atoms with E-state index in [1.54, 1.807) is 11.8 Å². The van der Waals surface area contributed by atoms with Crippen molar-refractivity contribution in [3.05, 3.63) is 46.0 Å². The molecule has 0 saturated carbocycles. The minimum atomic E-state index is 0.707. The highest BCUT2D eigenvalue weighted by Crippen LogP contribution is 2.14. The van der Waals surface area contributed by atoms with Crippen molar-refractivity contribution in [1.82, 2.24) is 5.32 Å². The third-order valence-electron chi connectivity index (χ3n) is 1.84. The molecule has 0 aromatic heterocycles. The fourth-order valence-electron chi connectivity index (χ4n) is 1.08. The molecule has 4 heteroatoms. The second kappa shape index (κ2) is 6.16. The van der Waals surface area contributed by atoms with Crippen molar-refractivity contribution in [2.75, 3.05) is 13.3 Å². The van der Waals surface area contributed by atoms with Crippen molar-refractivity contribution in [3.8, 4) is 0 Å². The summed E-state index contributed by atoms with van der Waals surface area (Å²) in [7, 11) is 1.88. The zero-order valence-electron chi connectivity index (χ0n) is 8.58. The van der Waals surface area contributed by atoms with Crippen LogP contribution in [0.2, 0.25) is 5.02 Å². The lowest BCUT2D eigenvalue weighted by atomic mass is 10.1. The van der Waals surface area contributed by atoms with Crippen LogP contribution in [-0.2, 0) is 0 Å². The first-order valence-electron chi connectivity index (χ1n) is 4.40. The number of halogens is 1. The van der Waals surface area contributed by atoms with Crippen molar-refractivity contribution in [2.45, 2.75) is 0 Å². The second-order valence-electron chi connectivity index (χ2n) is 2.84. The summed E-state index contributed by atoms with van der Waals surface area (Å²) < 4.78 is 0. The molecule has 1 nitrogen and oxygen atoms in total. The molecule has 0 heterocycles. The average molecular weight is 258 g/mol. The van der Waals surface area contributed by atoms with Crippen LogP contribution in [0.25, 0.3) is 0 Å². The summed E-state index contributed by atoms with van der Waals surface area (Å²) in [6.07, 6.45) is 3.94. The van der Waals surface area contributed by atoms with E-state index in [9.17, 15) is 0 Å². The first-order chi connectivity index (χ1) is 7.17. The number of thioether (sulfide) groups is 1. The molecular weight excluding hydrogens is 246 g/mol. The Morgan fingerprint density at radius 2 is 2.27 bits per heavy atom. The predicted molar refractivity (Wildman–Crippen MR) is 73.8 cm³/mol. The lowest BCUT2D eigenvalue weighted by Crippen LogP contribution is -2.04. The van der Waals surface area contributed by atoms with Gasteiger partial charge in [0.15, 0.2) is 0 Å². The van der Waals surface area contributed by atoms with E-state index < -0.39 is 0 Å². The number of nitrogens with one attached hydrogen (secondary N) is 1. The number of hydrogen-bond acceptors (Lipinski definition) is 3. The molecule has 0 aliphatic heterocycles. The Hall–Kier alpha value is -0.510. The molecule has 0 bridgehead atoms. The van der Waals surface area contributed by atoms with Crippen molar-refractivity contribution in [2.24, 2.45) is 0 Å². The molecule has 1 N–H and O–H groups in total. The zero-order chi connectivity index (χ0) is 11.3. The van der Waals surface area contributed by atoms with Crippen molar-refractivity contribution in [3.63, 3.8) is 0 Å². The third-order valence-corrected chi connectivity index (χ3v) is 3.19. The van der Waals surface area contributed by atoms with Gasteiger partial charge in [0, 0.05) is 16.9 Å². The van der Waals surface area contributed by atoms with Gasteiger partial charge in [0.25, 0.3) is 0 Å². The van der Waals surface area contributed by atoms with Crippen LogP contribution in [0, 0.1) is 0 Å². The quantitative estimate of drug-likeness (QED) is 0.504. The summed E-state index contributed by atoms with van der Waals surface area (Å²) in [6.45, 7) is 0. The maximum atomic E-state index is 5.89. The van der Waals surface area contributed by atoms with E-state index in [1.807, 2.05) is 43.6 Å². The maximum absolute atomic E-state index is 5.89. The van der Waals surface area contributed by atoms with Gasteiger partial charge in [0.2, 0.25) is 0 Å². The predicted octanol–water partition coefficient (Wildman–Crippen LogP) is 3.48. The van der Waals surface area contributed by atoms with E-state index in [0.29, 0.717) is 5.02 Å². The van der Waals surface area contributed by atoms with Crippen LogP contribution in [0.4, 0.5) is 0 Å². The number of allylic oxidation sites excluding steroid dienone is 1. The van der Waals surface area contributed by atoms with Crippen LogP contribution in [0.5, 0.6) is 0 Å². The molecule has 80 valence electrons. The topological polar surface area (TPSA) is 12.0 Å². The van der Waals surface area contributed by atoms with Gasteiger partial charge in [-0.1, -0.05) is 36.0 Å². The molecule has 0 spiro atoms. The fraction of sp³-hybridized carbons (Fsp3) is 0.182. The van der Waals surface area contributed by atoms with Crippen LogP contribution in [-0.4, -0.2) is 18.2 Å². The van der Waals surface area contributed by atoms with Crippen LogP contribution >= 0.6 is 35.6 Å². The Labute approximate surface area is 105 Å². The summed E-state index contributed by atoms with van der Waals surface area (Å²) >= 11 is 12.8. The van der Waals surface area contributed by atoms with Gasteiger partial charge < -0.3 is 5.32 Å². The Bertz CT molecular complexity index is 382. The average Bonchev–Trinajstić information content (AvgIpc) is 2.25. The van der Waals surface area contributed by atoms with Crippen LogP contribution in [0.1, 0.15) is 5.56 Å². The van der Waals surface area contributed by atoms with E-state index in [4.69, 9.17) is 23.8 Å². The number of thiocarbonyl (C=S) groups is 1. The second-order valence-corrected chi connectivity index (χ2v) is 4.56. The molecule has 1 rings (SSSR count). The van der Waals surface area contributed by atoms with Gasteiger partial charge in [-0.15, -0.1) is 11.8 Å². The summed E-state index contributed by atoms with van der Waals surface area (Å²) in [4.78, 5) is 0.788. The van der Waals surface area contributed by atoms with Gasteiger partial charge in [-0.05, 0) is 30.0 Å². The van der Waals surface area contributed by atoms with E-state index in [0.717, 1.165) is 15.5 Å². The molecule has 0 saturated heterocycles. The highest BCUT2D eigenvalue weighted by molar-refractivity contribution is 8.02. The van der Waals surface area contributed by atoms with Crippen LogP contribution in [0.3, 0.4) is 0 Å². The molecule has 0 aliphatic rings. The van der Waals surface area contributed by atoms with E-state index >= 15 is 0 Å². The minimum absolute atomic E-state index is 0.707. The molecule has 15 heavy (non-hydrogen) atoms. The van der Waals surface area contributed by atoms with Crippen molar-refractivity contribution >= 4 is 40.4 Å². The third kappa shape index (κ3) is 3.86. The smallest absolute Gasteiger partial charge is 0.0690 e. The van der Waals surface area contributed by atoms with Gasteiger partial charge in [-0.2, -0.15) is 0 Å². The number of hydrogen-bond donors (Lipinski definition) is 1. The Morgan fingerprint density at radius 3 is 2.80 bits per heavy atom. The highest BCUT2D eigenvalue weighted by atomic mass is 35.5. The minimum Gasteiger partial charge on any atom is -0.383 e. The largest absolute Gasteiger partial charge is 0.383 e. The van der Waals surface area contributed by atoms with Gasteiger partial charge >= 0.3 is 0 Å². The summed E-state index contributed by atoms with van der Waals surface area (Å²) in [5.74, 6) is 0. The van der Waals surface area contributed by atoms with Crippen molar-refractivity contribution < 1.29 is 0 Å². The molecule has 1 aromatic rings. The van der Waals surface area contributed by atoms with Gasteiger partial charge in [-0.25, -0.2) is 0 Å². The number of rotatable bonds is 4. The fourth-order valence-corrected chi connectivity index (χ4v) is 2.03. The van der Waals surface area contributed by atoms with Crippen LogP contribution in [0.15, 0.2) is 35.4 Å². The molecule has 0 radical (unpaired) electrons. The molecule has 0 fully saturated rings. The monoisotopic (exact) mass is 257 g/mol. The van der Waals surface area contributed by atoms with Gasteiger partial charge in [-0.3, -0.25) is 0 Å². The van der Waals surface area contributed by atoms with E-state index in [2.05, 4.69) is 5.32 Å². The van der Waals surface area contributed by atoms with Crippen LogP contribution < -0.4 is 5.32 Å². The lowest BCUT2D eigenvalue weighted by Gasteiger charge is -2.04. The maximum Gasteiger partial charge on any atom is 0.0690 e. The zero-order valence-corrected chi connectivity index (χ0v) is 11.0. The van der Waals surface area contributed by atoms with Gasteiger partial charge in [0.05, 0.1) is 5.03 Å². The lowest BCUT2D eigenvalue weighted by molar-refractivity contribution is 1.08. The van der Waals surface area contributed by atoms with E-state index in [-0.39, 0.29) is 0 Å². The van der Waals surface area contributed by atoms with Crippen molar-refractivity contribution in [1.29, 1.82) is 0 Å². The highest BCUT2D eigenvalue weighted by Gasteiger charge is 2.00. The SMILES string of the molecule is CN/C(=C\C(=S)c1cccc(Cl)c1)SC. The molecule has 0 unspecified atom stereocenters. The molecule has 1 aromatic carbocycles. The molecular formula is C11H12ClNS2. The Morgan fingerprint density at radius 1 is 1.53 bits per heavy atom. The Kier molecular flexibility index (Phi) is 5.15. The normalized spacial score (nSPS) is 11.3.